The van der Waals surface area contributed by atoms with Crippen molar-refractivity contribution in [2.45, 2.75) is 44.9 Å². The molecule has 0 aliphatic carbocycles. The normalized spacial score (nSPS) is 29.7. The lowest BCUT2D eigenvalue weighted by Gasteiger charge is -2.33. The molecule has 1 aromatic heterocycles. The van der Waals surface area contributed by atoms with Crippen LogP contribution in [0.2, 0.25) is 0 Å². The molecule has 19 heavy (non-hydrogen) atoms. The van der Waals surface area contributed by atoms with E-state index in [-0.39, 0.29) is 18.1 Å². The lowest BCUT2D eigenvalue weighted by molar-refractivity contribution is -0.0548. The van der Waals surface area contributed by atoms with Crippen molar-refractivity contribution < 1.29 is 9.26 Å². The topological polar surface area (TPSA) is 77.4 Å². The second kappa shape index (κ2) is 5.19. The van der Waals surface area contributed by atoms with Crippen molar-refractivity contribution in [1.82, 2.24) is 15.0 Å². The van der Waals surface area contributed by atoms with Gasteiger partial charge in [0.15, 0.2) is 0 Å². The molecule has 2 saturated heterocycles. The summed E-state index contributed by atoms with van der Waals surface area (Å²) in [6, 6.07) is 0.380. The van der Waals surface area contributed by atoms with Crippen molar-refractivity contribution in [1.29, 1.82) is 0 Å². The minimum absolute atomic E-state index is 0.0776. The smallest absolute Gasteiger partial charge is 0.243 e. The lowest BCUT2D eigenvalue weighted by atomic mass is 10.1. The average molecular weight is 266 g/mol. The highest BCUT2D eigenvalue weighted by Crippen LogP contribution is 2.29. The summed E-state index contributed by atoms with van der Waals surface area (Å²) in [5.74, 6) is 1.43. The van der Waals surface area contributed by atoms with Crippen LogP contribution >= 0.6 is 0 Å². The van der Waals surface area contributed by atoms with Gasteiger partial charge in [-0.25, -0.2) is 0 Å². The number of nitrogens with zero attached hydrogens (tertiary/aromatic N) is 3. The minimum atomic E-state index is -0.204. The van der Waals surface area contributed by atoms with Crippen LogP contribution in [0.15, 0.2) is 4.52 Å². The van der Waals surface area contributed by atoms with Gasteiger partial charge in [0.05, 0.1) is 12.6 Å². The SMILES string of the molecule is CC(C)C(N)c1nc(C2CN3CCCC3CO2)no1. The fourth-order valence-electron chi connectivity index (χ4n) is 2.77. The molecule has 3 heterocycles. The lowest BCUT2D eigenvalue weighted by Crippen LogP contribution is -2.42. The third kappa shape index (κ3) is 2.52. The van der Waals surface area contributed by atoms with E-state index in [0.29, 0.717) is 17.8 Å². The number of rotatable bonds is 3. The summed E-state index contributed by atoms with van der Waals surface area (Å²) >= 11 is 0. The summed E-state index contributed by atoms with van der Waals surface area (Å²) < 4.78 is 11.1. The Morgan fingerprint density at radius 2 is 2.26 bits per heavy atom. The maximum atomic E-state index is 6.02. The van der Waals surface area contributed by atoms with E-state index in [2.05, 4.69) is 15.0 Å². The first-order valence-electron chi connectivity index (χ1n) is 7.10. The number of hydrogen-bond donors (Lipinski definition) is 1. The molecule has 0 bridgehead atoms. The van der Waals surface area contributed by atoms with Gasteiger partial charge in [-0.3, -0.25) is 4.90 Å². The first kappa shape index (κ1) is 13.0. The molecule has 0 spiro atoms. The molecule has 6 heteroatoms. The van der Waals surface area contributed by atoms with Gasteiger partial charge in [-0.15, -0.1) is 0 Å². The van der Waals surface area contributed by atoms with Gasteiger partial charge < -0.3 is 15.0 Å². The van der Waals surface area contributed by atoms with E-state index in [1.165, 1.54) is 12.8 Å². The van der Waals surface area contributed by atoms with Gasteiger partial charge in [0, 0.05) is 12.6 Å². The van der Waals surface area contributed by atoms with Crippen molar-refractivity contribution >= 4 is 0 Å². The van der Waals surface area contributed by atoms with Crippen LogP contribution in [0.5, 0.6) is 0 Å². The molecule has 3 atom stereocenters. The minimum Gasteiger partial charge on any atom is -0.367 e. The summed E-state index contributed by atoms with van der Waals surface area (Å²) in [7, 11) is 0. The standard InChI is InChI=1S/C13H22N4O2/c1-8(2)11(14)13-15-12(16-19-13)10-6-17-5-3-4-9(17)7-18-10/h8-11H,3-7,14H2,1-2H3. The van der Waals surface area contributed by atoms with Crippen LogP contribution in [0, 0.1) is 5.92 Å². The zero-order valence-electron chi connectivity index (χ0n) is 11.6. The zero-order valence-corrected chi connectivity index (χ0v) is 11.6. The summed E-state index contributed by atoms with van der Waals surface area (Å²) in [5.41, 5.74) is 6.02. The van der Waals surface area contributed by atoms with Gasteiger partial charge in [0.2, 0.25) is 11.7 Å². The number of hydrogen-bond acceptors (Lipinski definition) is 6. The molecular formula is C13H22N4O2. The summed E-state index contributed by atoms with van der Waals surface area (Å²) in [6.45, 7) is 6.87. The Morgan fingerprint density at radius 1 is 1.42 bits per heavy atom. The first-order chi connectivity index (χ1) is 9.15. The van der Waals surface area contributed by atoms with Crippen LogP contribution in [0.25, 0.3) is 0 Å². The fourth-order valence-corrected chi connectivity index (χ4v) is 2.77. The van der Waals surface area contributed by atoms with Gasteiger partial charge in [-0.05, 0) is 25.3 Å². The van der Waals surface area contributed by atoms with E-state index in [9.17, 15) is 0 Å². The Bertz CT molecular complexity index is 434. The summed E-state index contributed by atoms with van der Waals surface area (Å²) in [5, 5.41) is 4.04. The third-order valence-corrected chi connectivity index (χ3v) is 4.14. The maximum absolute atomic E-state index is 6.02. The Morgan fingerprint density at radius 3 is 3.05 bits per heavy atom. The van der Waals surface area contributed by atoms with Crippen LogP contribution in [-0.2, 0) is 4.74 Å². The zero-order chi connectivity index (χ0) is 13.4. The highest BCUT2D eigenvalue weighted by molar-refractivity contribution is 4.99. The number of nitrogens with two attached hydrogens (primary N) is 1. The van der Waals surface area contributed by atoms with E-state index in [4.69, 9.17) is 15.0 Å². The van der Waals surface area contributed by atoms with E-state index in [0.717, 1.165) is 19.7 Å². The molecule has 3 rings (SSSR count). The molecule has 3 unspecified atom stereocenters. The van der Waals surface area contributed by atoms with Crippen molar-refractivity contribution in [3.63, 3.8) is 0 Å². The highest BCUT2D eigenvalue weighted by Gasteiger charge is 2.35. The largest absolute Gasteiger partial charge is 0.367 e. The molecular weight excluding hydrogens is 244 g/mol. The first-order valence-corrected chi connectivity index (χ1v) is 7.10. The summed E-state index contributed by atoms with van der Waals surface area (Å²) in [6.07, 6.45) is 2.42. The number of fused-ring (bicyclic) bond motifs is 1. The Balaban J connectivity index is 1.69. The van der Waals surface area contributed by atoms with Crippen LogP contribution in [-0.4, -0.2) is 40.8 Å². The molecule has 0 aromatic carbocycles. The molecule has 2 aliphatic heterocycles. The molecule has 6 nitrogen and oxygen atoms in total. The third-order valence-electron chi connectivity index (χ3n) is 4.14. The van der Waals surface area contributed by atoms with E-state index < -0.39 is 0 Å². The second-order valence-electron chi connectivity index (χ2n) is 5.87. The molecule has 2 aliphatic rings. The monoisotopic (exact) mass is 266 g/mol. The fraction of sp³-hybridized carbons (Fsp3) is 0.846. The Kier molecular flexibility index (Phi) is 3.56. The Hall–Kier alpha value is -0.980. The van der Waals surface area contributed by atoms with E-state index in [1.807, 2.05) is 13.8 Å². The van der Waals surface area contributed by atoms with Gasteiger partial charge >= 0.3 is 0 Å². The van der Waals surface area contributed by atoms with Crippen molar-refractivity contribution in [3.05, 3.63) is 11.7 Å². The van der Waals surface area contributed by atoms with Crippen LogP contribution in [0.4, 0.5) is 0 Å². The average Bonchev–Trinajstić information content (AvgIpc) is 3.05. The number of aromatic nitrogens is 2. The van der Waals surface area contributed by atoms with Gasteiger partial charge in [0.1, 0.15) is 6.10 Å². The molecule has 2 N–H and O–H groups in total. The quantitative estimate of drug-likeness (QED) is 0.887. The van der Waals surface area contributed by atoms with Gasteiger partial charge in [-0.2, -0.15) is 4.98 Å². The van der Waals surface area contributed by atoms with Crippen molar-refractivity contribution in [2.75, 3.05) is 19.7 Å². The van der Waals surface area contributed by atoms with Crippen LogP contribution in [0.1, 0.15) is 50.6 Å². The molecule has 106 valence electrons. The molecule has 0 amide bonds. The molecule has 2 fully saturated rings. The van der Waals surface area contributed by atoms with Crippen LogP contribution < -0.4 is 5.73 Å². The van der Waals surface area contributed by atoms with Crippen molar-refractivity contribution in [2.24, 2.45) is 11.7 Å². The van der Waals surface area contributed by atoms with E-state index in [1.54, 1.807) is 0 Å². The highest BCUT2D eigenvalue weighted by atomic mass is 16.5. The van der Waals surface area contributed by atoms with Gasteiger partial charge in [0.25, 0.3) is 0 Å². The van der Waals surface area contributed by atoms with Crippen molar-refractivity contribution in [3.8, 4) is 0 Å². The number of ether oxygens (including phenoxy) is 1. The molecule has 0 saturated carbocycles. The second-order valence-corrected chi connectivity index (χ2v) is 5.87. The molecule has 0 radical (unpaired) electrons. The van der Waals surface area contributed by atoms with Crippen LogP contribution in [0.3, 0.4) is 0 Å². The van der Waals surface area contributed by atoms with E-state index >= 15 is 0 Å². The molecule has 1 aromatic rings. The summed E-state index contributed by atoms with van der Waals surface area (Å²) in [4.78, 5) is 6.88. The predicted molar refractivity (Wildman–Crippen MR) is 69.4 cm³/mol. The predicted octanol–water partition coefficient (Wildman–Crippen LogP) is 1.26. The maximum Gasteiger partial charge on any atom is 0.243 e. The Labute approximate surface area is 113 Å². The number of morpholine rings is 1. The van der Waals surface area contributed by atoms with Gasteiger partial charge in [-0.1, -0.05) is 19.0 Å².